The molecule has 1 fully saturated rings. The average molecular weight is 709 g/mol. The first-order valence-corrected chi connectivity index (χ1v) is 19.9. The Bertz CT molecular complexity index is 973. The van der Waals surface area contributed by atoms with Crippen molar-refractivity contribution in [1.29, 1.82) is 0 Å². The van der Waals surface area contributed by atoms with Gasteiger partial charge < -0.3 is 34.3 Å². The van der Waals surface area contributed by atoms with E-state index in [-0.39, 0.29) is 19.4 Å². The van der Waals surface area contributed by atoms with Gasteiger partial charge in [0, 0.05) is 12.8 Å². The second kappa shape index (κ2) is 27.2. The highest BCUT2D eigenvalue weighted by atomic mass is 32.2. The summed E-state index contributed by atoms with van der Waals surface area (Å²) in [4.78, 5) is 25.0. The van der Waals surface area contributed by atoms with Gasteiger partial charge in [-0.1, -0.05) is 103 Å². The zero-order valence-corrected chi connectivity index (χ0v) is 30.2. The summed E-state index contributed by atoms with van der Waals surface area (Å²) < 4.78 is 53.6. The second-order valence-electron chi connectivity index (χ2n) is 12.9. The van der Waals surface area contributed by atoms with Crippen molar-refractivity contribution in [2.75, 3.05) is 19.0 Å². The summed E-state index contributed by atoms with van der Waals surface area (Å²) in [6.45, 7) is 3.64. The van der Waals surface area contributed by atoms with E-state index in [4.69, 9.17) is 18.9 Å². The van der Waals surface area contributed by atoms with Crippen LogP contribution in [0.25, 0.3) is 0 Å². The molecule has 1 aliphatic heterocycles. The Labute approximate surface area is 288 Å². The van der Waals surface area contributed by atoms with Crippen molar-refractivity contribution in [3.8, 4) is 0 Å². The molecule has 1 rings (SSSR count). The standard InChI is InChI=1S/C35H64O12S/c1-3-5-7-9-11-12-13-14-15-16-18-20-22-24-31(37)46-28(25-44-30(36)23-21-19-17-10-8-6-4-2)26-45-35-34(40)33(39)32(38)29(47-35)27-48(41,42)43/h14-15,28-29,32-35,38-40H,3-13,16-27H2,1-2H3,(H,41,42,43)/b15-14+/t28-,29-,32-,33?,34?,35+/m1/s1. The molecule has 6 atom stereocenters. The second-order valence-corrected chi connectivity index (χ2v) is 14.4. The van der Waals surface area contributed by atoms with Gasteiger partial charge in [0.25, 0.3) is 10.1 Å². The minimum Gasteiger partial charge on any atom is -0.462 e. The van der Waals surface area contributed by atoms with Crippen LogP contribution in [-0.2, 0) is 38.7 Å². The highest BCUT2D eigenvalue weighted by Crippen LogP contribution is 2.24. The van der Waals surface area contributed by atoms with Crippen molar-refractivity contribution in [2.45, 2.75) is 179 Å². The molecule has 0 amide bonds. The van der Waals surface area contributed by atoms with E-state index in [1.165, 1.54) is 51.4 Å². The topological polar surface area (TPSA) is 186 Å². The lowest BCUT2D eigenvalue weighted by Gasteiger charge is -2.40. The molecule has 13 heteroatoms. The number of carbonyl (C=O) groups is 2. The lowest BCUT2D eigenvalue weighted by atomic mass is 10.00. The minimum absolute atomic E-state index is 0.147. The van der Waals surface area contributed by atoms with Gasteiger partial charge in [-0.2, -0.15) is 8.42 Å². The number of aliphatic hydroxyl groups is 3. The van der Waals surface area contributed by atoms with Crippen molar-refractivity contribution in [2.24, 2.45) is 0 Å². The quantitative estimate of drug-likeness (QED) is 0.0329. The molecule has 1 aliphatic rings. The van der Waals surface area contributed by atoms with Gasteiger partial charge in [-0.15, -0.1) is 0 Å². The maximum Gasteiger partial charge on any atom is 0.306 e. The molecular weight excluding hydrogens is 644 g/mol. The summed E-state index contributed by atoms with van der Waals surface area (Å²) >= 11 is 0. The van der Waals surface area contributed by atoms with Crippen molar-refractivity contribution in [3.05, 3.63) is 12.2 Å². The molecule has 0 saturated carbocycles. The Kier molecular flexibility index (Phi) is 25.1. The fraction of sp³-hybridized carbons (Fsp3) is 0.886. The van der Waals surface area contributed by atoms with Crippen LogP contribution < -0.4 is 0 Å². The molecule has 0 aromatic rings. The molecule has 1 saturated heterocycles. The van der Waals surface area contributed by atoms with Crippen LogP contribution in [0.1, 0.15) is 142 Å². The zero-order valence-electron chi connectivity index (χ0n) is 29.3. The largest absolute Gasteiger partial charge is 0.462 e. The fourth-order valence-electron chi connectivity index (χ4n) is 5.43. The third-order valence-corrected chi connectivity index (χ3v) is 9.10. The van der Waals surface area contributed by atoms with Crippen molar-refractivity contribution < 1.29 is 56.8 Å². The first-order chi connectivity index (χ1) is 23.0. The van der Waals surface area contributed by atoms with Gasteiger partial charge in [0.15, 0.2) is 12.4 Å². The maximum absolute atomic E-state index is 12.7. The van der Waals surface area contributed by atoms with E-state index < -0.39 is 71.2 Å². The van der Waals surface area contributed by atoms with E-state index in [1.807, 2.05) is 0 Å². The van der Waals surface area contributed by atoms with E-state index in [0.717, 1.165) is 51.4 Å². The summed E-state index contributed by atoms with van der Waals surface area (Å²) in [6.07, 6.45) is 14.5. The molecule has 12 nitrogen and oxygen atoms in total. The van der Waals surface area contributed by atoms with Crippen LogP contribution in [0.15, 0.2) is 12.2 Å². The number of aliphatic hydroxyl groups excluding tert-OH is 3. The lowest BCUT2D eigenvalue weighted by molar-refractivity contribution is -0.297. The molecule has 2 unspecified atom stereocenters. The molecule has 1 heterocycles. The molecule has 0 aliphatic carbocycles. The molecule has 0 radical (unpaired) electrons. The van der Waals surface area contributed by atoms with E-state index in [9.17, 15) is 37.9 Å². The number of carbonyl (C=O) groups excluding carboxylic acids is 2. The van der Waals surface area contributed by atoms with Crippen molar-refractivity contribution >= 4 is 22.1 Å². The van der Waals surface area contributed by atoms with Crippen molar-refractivity contribution in [3.63, 3.8) is 0 Å². The number of esters is 2. The molecule has 0 spiro atoms. The van der Waals surface area contributed by atoms with Gasteiger partial charge in [-0.05, 0) is 38.5 Å². The Hall–Kier alpha value is -1.61. The monoisotopic (exact) mass is 708 g/mol. The maximum atomic E-state index is 12.7. The van der Waals surface area contributed by atoms with Crippen LogP contribution in [0.4, 0.5) is 0 Å². The van der Waals surface area contributed by atoms with Gasteiger partial charge in [-0.3, -0.25) is 14.1 Å². The van der Waals surface area contributed by atoms with E-state index in [2.05, 4.69) is 26.0 Å². The van der Waals surface area contributed by atoms with Gasteiger partial charge in [0.05, 0.1) is 6.61 Å². The zero-order chi connectivity index (χ0) is 35.6. The third-order valence-electron chi connectivity index (χ3n) is 8.35. The van der Waals surface area contributed by atoms with Crippen LogP contribution >= 0.6 is 0 Å². The normalized spacial score (nSPS) is 22.2. The molecule has 0 aromatic carbocycles. The third kappa shape index (κ3) is 22.2. The number of allylic oxidation sites excluding steroid dienone is 2. The Morgan fingerprint density at radius 3 is 1.75 bits per heavy atom. The number of hydrogen-bond acceptors (Lipinski definition) is 11. The summed E-state index contributed by atoms with van der Waals surface area (Å²) in [6, 6.07) is 0. The van der Waals surface area contributed by atoms with Crippen molar-refractivity contribution in [1.82, 2.24) is 0 Å². The van der Waals surface area contributed by atoms with Crippen LogP contribution in [0.2, 0.25) is 0 Å². The summed E-state index contributed by atoms with van der Waals surface area (Å²) in [5.74, 6) is -2.01. The van der Waals surface area contributed by atoms with E-state index >= 15 is 0 Å². The van der Waals surface area contributed by atoms with Gasteiger partial charge in [0.1, 0.15) is 36.8 Å². The van der Waals surface area contributed by atoms with Crippen LogP contribution in [0.3, 0.4) is 0 Å². The summed E-state index contributed by atoms with van der Waals surface area (Å²) in [5, 5.41) is 30.6. The number of hydrogen-bond donors (Lipinski definition) is 4. The molecule has 4 N–H and O–H groups in total. The Balaban J connectivity index is 2.56. The molecule has 0 bridgehead atoms. The number of ether oxygens (including phenoxy) is 4. The lowest BCUT2D eigenvalue weighted by Crippen LogP contribution is -2.60. The first kappa shape index (κ1) is 44.4. The molecule has 48 heavy (non-hydrogen) atoms. The Morgan fingerprint density at radius 1 is 0.688 bits per heavy atom. The average Bonchev–Trinajstić information content (AvgIpc) is 3.04. The smallest absolute Gasteiger partial charge is 0.306 e. The van der Waals surface area contributed by atoms with E-state index in [1.54, 1.807) is 0 Å². The Morgan fingerprint density at radius 2 is 1.19 bits per heavy atom. The summed E-state index contributed by atoms with van der Waals surface area (Å²) in [7, 11) is -4.59. The predicted molar refractivity (Wildman–Crippen MR) is 183 cm³/mol. The molecular formula is C35H64O12S. The van der Waals surface area contributed by atoms with Gasteiger partial charge >= 0.3 is 11.9 Å². The highest BCUT2D eigenvalue weighted by molar-refractivity contribution is 7.85. The summed E-state index contributed by atoms with van der Waals surface area (Å²) in [5.41, 5.74) is 0. The SMILES string of the molecule is CCCCCCCC/C=C/CCCCCC(=O)O[C@H](COC(=O)CCCCCCCCC)CO[C@H]1O[C@H](CS(=O)(=O)O)[C@@H](O)C(O)C1O. The predicted octanol–water partition coefficient (Wildman–Crippen LogP) is 5.55. The van der Waals surface area contributed by atoms with Gasteiger partial charge in [0.2, 0.25) is 0 Å². The fourth-order valence-corrected chi connectivity index (χ4v) is 6.12. The van der Waals surface area contributed by atoms with Crippen LogP contribution in [0, 0.1) is 0 Å². The highest BCUT2D eigenvalue weighted by Gasteiger charge is 2.46. The number of unbranched alkanes of at least 4 members (excludes halogenated alkanes) is 15. The van der Waals surface area contributed by atoms with Crippen LogP contribution in [0.5, 0.6) is 0 Å². The van der Waals surface area contributed by atoms with Crippen LogP contribution in [-0.4, -0.2) is 96.0 Å². The molecule has 282 valence electrons. The van der Waals surface area contributed by atoms with Gasteiger partial charge in [-0.25, -0.2) is 0 Å². The minimum atomic E-state index is -4.59. The molecule has 0 aromatic heterocycles. The first-order valence-electron chi connectivity index (χ1n) is 18.2. The number of rotatable bonds is 29. The van der Waals surface area contributed by atoms with E-state index in [0.29, 0.717) is 12.8 Å².